The maximum absolute atomic E-state index is 12.7. The van der Waals surface area contributed by atoms with Gasteiger partial charge in [0.25, 0.3) is 5.91 Å². The molecule has 1 aliphatic rings. The van der Waals surface area contributed by atoms with Crippen LogP contribution < -0.4 is 4.90 Å². The van der Waals surface area contributed by atoms with Crippen molar-refractivity contribution in [3.63, 3.8) is 0 Å². The fraction of sp³-hybridized carbons (Fsp3) is 0.294. The molecule has 5 nitrogen and oxygen atoms in total. The highest BCUT2D eigenvalue weighted by atomic mass is 32.2. The van der Waals surface area contributed by atoms with Gasteiger partial charge in [0.05, 0.1) is 10.5 Å². The Morgan fingerprint density at radius 3 is 2.50 bits per heavy atom. The summed E-state index contributed by atoms with van der Waals surface area (Å²) >= 11 is 0. The standard InChI is InChI=1S/C17H15F3N2O3S/c1-26(24,25)15-6-2-5-14-12(15)4-3-9-22(14)16(23)13-8-7-11(10-21-13)17(18,19)20/h2,5-8,10H,3-4,9H2,1H3. The second-order valence-electron chi connectivity index (χ2n) is 6.02. The molecule has 0 atom stereocenters. The molecule has 0 spiro atoms. The number of carbonyl (C=O) groups is 1. The number of alkyl halides is 3. The Labute approximate surface area is 148 Å². The van der Waals surface area contributed by atoms with Gasteiger partial charge in [-0.05, 0) is 42.7 Å². The zero-order valence-corrected chi connectivity index (χ0v) is 14.6. The van der Waals surface area contributed by atoms with E-state index in [0.29, 0.717) is 36.8 Å². The van der Waals surface area contributed by atoms with Gasteiger partial charge in [-0.2, -0.15) is 13.2 Å². The Bertz CT molecular complexity index is 954. The van der Waals surface area contributed by atoms with E-state index in [4.69, 9.17) is 0 Å². The third-order valence-corrected chi connectivity index (χ3v) is 5.34. The molecule has 1 aliphatic heterocycles. The van der Waals surface area contributed by atoms with E-state index in [2.05, 4.69) is 4.98 Å². The first-order valence-corrected chi connectivity index (χ1v) is 9.65. The third kappa shape index (κ3) is 3.44. The summed E-state index contributed by atoms with van der Waals surface area (Å²) in [4.78, 5) is 17.9. The Balaban J connectivity index is 1.99. The largest absolute Gasteiger partial charge is 0.417 e. The quantitative estimate of drug-likeness (QED) is 0.798. The topological polar surface area (TPSA) is 67.3 Å². The first-order valence-electron chi connectivity index (χ1n) is 7.76. The molecule has 1 amide bonds. The van der Waals surface area contributed by atoms with Gasteiger partial charge in [0.15, 0.2) is 9.84 Å². The molecule has 0 unspecified atom stereocenters. The van der Waals surface area contributed by atoms with Crippen molar-refractivity contribution >= 4 is 21.4 Å². The molecule has 3 rings (SSSR count). The number of pyridine rings is 1. The molecular formula is C17H15F3N2O3S. The monoisotopic (exact) mass is 384 g/mol. The van der Waals surface area contributed by atoms with Crippen molar-refractivity contribution in [2.45, 2.75) is 23.9 Å². The van der Waals surface area contributed by atoms with Crippen molar-refractivity contribution in [2.24, 2.45) is 0 Å². The molecule has 26 heavy (non-hydrogen) atoms. The summed E-state index contributed by atoms with van der Waals surface area (Å²) in [5.74, 6) is -0.565. The molecule has 0 radical (unpaired) electrons. The minimum absolute atomic E-state index is 0.129. The summed E-state index contributed by atoms with van der Waals surface area (Å²) < 4.78 is 61.8. The van der Waals surface area contributed by atoms with Gasteiger partial charge in [0, 0.05) is 24.7 Å². The number of fused-ring (bicyclic) bond motifs is 1. The van der Waals surface area contributed by atoms with Crippen molar-refractivity contribution in [3.8, 4) is 0 Å². The molecule has 1 aromatic heterocycles. The highest BCUT2D eigenvalue weighted by Crippen LogP contribution is 2.33. The summed E-state index contributed by atoms with van der Waals surface area (Å²) in [5, 5.41) is 0. The SMILES string of the molecule is CS(=O)(=O)c1cccc2c1CCCN2C(=O)c1ccc(C(F)(F)F)cn1. The molecule has 0 saturated carbocycles. The van der Waals surface area contributed by atoms with Crippen molar-refractivity contribution < 1.29 is 26.4 Å². The van der Waals surface area contributed by atoms with Crippen LogP contribution in [0.15, 0.2) is 41.4 Å². The lowest BCUT2D eigenvalue weighted by Crippen LogP contribution is -2.36. The van der Waals surface area contributed by atoms with Gasteiger partial charge in [0.1, 0.15) is 5.69 Å². The van der Waals surface area contributed by atoms with Crippen molar-refractivity contribution in [2.75, 3.05) is 17.7 Å². The maximum Gasteiger partial charge on any atom is 0.417 e. The number of benzene rings is 1. The maximum atomic E-state index is 12.7. The van der Waals surface area contributed by atoms with E-state index in [0.717, 1.165) is 18.4 Å². The Hall–Kier alpha value is -2.42. The number of amides is 1. The first-order chi connectivity index (χ1) is 12.1. The Kier molecular flexibility index (Phi) is 4.51. The number of sulfone groups is 1. The second-order valence-corrected chi connectivity index (χ2v) is 8.00. The molecule has 0 bridgehead atoms. The summed E-state index contributed by atoms with van der Waals surface area (Å²) in [5.41, 5.74) is -0.0737. The normalized spacial score (nSPS) is 14.8. The number of nitrogens with zero attached hydrogens (tertiary/aromatic N) is 2. The summed E-state index contributed by atoms with van der Waals surface area (Å²) in [6, 6.07) is 6.49. The van der Waals surface area contributed by atoms with Crippen LogP contribution in [0.3, 0.4) is 0 Å². The first kappa shape index (κ1) is 18.4. The van der Waals surface area contributed by atoms with Crippen LogP contribution in [-0.4, -0.2) is 32.1 Å². The van der Waals surface area contributed by atoms with E-state index < -0.39 is 27.5 Å². The molecule has 2 heterocycles. The minimum atomic E-state index is -4.53. The molecule has 9 heteroatoms. The number of hydrogen-bond acceptors (Lipinski definition) is 4. The van der Waals surface area contributed by atoms with E-state index >= 15 is 0 Å². The zero-order chi connectivity index (χ0) is 19.1. The van der Waals surface area contributed by atoms with Gasteiger partial charge in [-0.1, -0.05) is 6.07 Å². The molecule has 0 saturated heterocycles. The van der Waals surface area contributed by atoms with Gasteiger partial charge in [-0.3, -0.25) is 9.78 Å². The highest BCUT2D eigenvalue weighted by molar-refractivity contribution is 7.90. The van der Waals surface area contributed by atoms with Gasteiger partial charge >= 0.3 is 6.18 Å². The smallest absolute Gasteiger partial charge is 0.307 e. The third-order valence-electron chi connectivity index (χ3n) is 4.16. The lowest BCUT2D eigenvalue weighted by atomic mass is 10.0. The predicted molar refractivity (Wildman–Crippen MR) is 88.8 cm³/mol. The Morgan fingerprint density at radius 2 is 1.92 bits per heavy atom. The van der Waals surface area contributed by atoms with Crippen LogP contribution in [0.5, 0.6) is 0 Å². The summed E-state index contributed by atoms with van der Waals surface area (Å²) in [7, 11) is -3.46. The molecule has 0 fully saturated rings. The van der Waals surface area contributed by atoms with Crippen LogP contribution >= 0.6 is 0 Å². The fourth-order valence-electron chi connectivity index (χ4n) is 2.98. The Morgan fingerprint density at radius 1 is 1.19 bits per heavy atom. The molecule has 1 aromatic carbocycles. The summed E-state index contributed by atoms with van der Waals surface area (Å²) in [6.07, 6.45) is -1.77. The van der Waals surface area contributed by atoms with Crippen LogP contribution in [0.2, 0.25) is 0 Å². The molecule has 0 aliphatic carbocycles. The van der Waals surface area contributed by atoms with E-state index in [1.165, 1.54) is 11.0 Å². The number of hydrogen-bond donors (Lipinski definition) is 0. The van der Waals surface area contributed by atoms with Gasteiger partial charge in [-0.25, -0.2) is 8.42 Å². The molecule has 138 valence electrons. The van der Waals surface area contributed by atoms with E-state index in [1.807, 2.05) is 0 Å². The predicted octanol–water partition coefficient (Wildman–Crippen LogP) is 3.10. The second kappa shape index (κ2) is 6.39. The average molecular weight is 384 g/mol. The van der Waals surface area contributed by atoms with E-state index in [9.17, 15) is 26.4 Å². The fourth-order valence-corrected chi connectivity index (χ4v) is 3.96. The van der Waals surface area contributed by atoms with Crippen LogP contribution in [0.25, 0.3) is 0 Å². The van der Waals surface area contributed by atoms with Gasteiger partial charge < -0.3 is 4.90 Å². The van der Waals surface area contributed by atoms with Crippen molar-refractivity contribution in [1.29, 1.82) is 0 Å². The van der Waals surface area contributed by atoms with Gasteiger partial charge in [-0.15, -0.1) is 0 Å². The van der Waals surface area contributed by atoms with Crippen LogP contribution in [0, 0.1) is 0 Å². The highest BCUT2D eigenvalue weighted by Gasteiger charge is 2.32. The number of anilines is 1. The minimum Gasteiger partial charge on any atom is -0.307 e. The van der Waals surface area contributed by atoms with Crippen LogP contribution in [0.4, 0.5) is 18.9 Å². The number of halogens is 3. The van der Waals surface area contributed by atoms with E-state index in [1.54, 1.807) is 12.1 Å². The number of rotatable bonds is 2. The number of carbonyl (C=O) groups excluding carboxylic acids is 1. The zero-order valence-electron chi connectivity index (χ0n) is 13.7. The van der Waals surface area contributed by atoms with E-state index in [-0.39, 0.29) is 10.6 Å². The van der Waals surface area contributed by atoms with Crippen molar-refractivity contribution in [1.82, 2.24) is 4.98 Å². The van der Waals surface area contributed by atoms with Gasteiger partial charge in [0.2, 0.25) is 0 Å². The lowest BCUT2D eigenvalue weighted by Gasteiger charge is -2.30. The lowest BCUT2D eigenvalue weighted by molar-refractivity contribution is -0.137. The van der Waals surface area contributed by atoms with Crippen LogP contribution in [0.1, 0.15) is 28.0 Å². The molecule has 0 N–H and O–H groups in total. The number of aromatic nitrogens is 1. The van der Waals surface area contributed by atoms with Crippen LogP contribution in [-0.2, 0) is 22.4 Å². The summed E-state index contributed by atoms with van der Waals surface area (Å²) in [6.45, 7) is 0.335. The molecule has 2 aromatic rings. The average Bonchev–Trinajstić information content (AvgIpc) is 2.58. The van der Waals surface area contributed by atoms with Crippen molar-refractivity contribution in [3.05, 3.63) is 53.3 Å². The molecular weight excluding hydrogens is 369 g/mol.